The maximum Gasteiger partial charge on any atom is 0.320 e. The first-order valence-electron chi connectivity index (χ1n) is 6.89. The molecule has 2 rings (SSSR count). The fourth-order valence-corrected chi connectivity index (χ4v) is 2.71. The second kappa shape index (κ2) is 6.06. The van der Waals surface area contributed by atoms with Crippen molar-refractivity contribution < 1.29 is 15.0 Å². The molecule has 4 nitrogen and oxygen atoms in total. The highest BCUT2D eigenvalue weighted by Crippen LogP contribution is 2.23. The molecule has 0 amide bonds. The van der Waals surface area contributed by atoms with E-state index in [2.05, 4.69) is 0 Å². The van der Waals surface area contributed by atoms with E-state index in [1.165, 1.54) is 0 Å². The number of phenols is 1. The van der Waals surface area contributed by atoms with Crippen molar-refractivity contribution in [2.45, 2.75) is 45.2 Å². The topological polar surface area (TPSA) is 60.8 Å². The van der Waals surface area contributed by atoms with Crippen molar-refractivity contribution in [2.75, 3.05) is 6.54 Å². The first-order chi connectivity index (χ1) is 9.11. The number of phenolic OH excluding ortho intramolecular Hbond substituents is 1. The Bertz CT molecular complexity index is 459. The lowest BCUT2D eigenvalue weighted by Crippen LogP contribution is -2.44. The summed E-state index contributed by atoms with van der Waals surface area (Å²) in [6.45, 7) is 3.48. The van der Waals surface area contributed by atoms with E-state index in [1.807, 2.05) is 24.0 Å². The summed E-state index contributed by atoms with van der Waals surface area (Å²) in [5, 5.41) is 18.9. The smallest absolute Gasteiger partial charge is 0.320 e. The third-order valence-electron chi connectivity index (χ3n) is 3.81. The summed E-state index contributed by atoms with van der Waals surface area (Å²) in [5.41, 5.74) is 1.99. The molecule has 1 fully saturated rings. The highest BCUT2D eigenvalue weighted by atomic mass is 16.4. The molecular formula is C15H21NO3. The molecule has 1 aliphatic rings. The lowest BCUT2D eigenvalue weighted by atomic mass is 10.0. The van der Waals surface area contributed by atoms with Gasteiger partial charge in [-0.3, -0.25) is 9.69 Å². The second-order valence-corrected chi connectivity index (χ2v) is 5.14. The van der Waals surface area contributed by atoms with Gasteiger partial charge in [0.2, 0.25) is 0 Å². The SMILES string of the molecule is CCc1cc(CN2CCCC[C@H]2C(=O)O)ccc1O. The Labute approximate surface area is 113 Å². The maximum atomic E-state index is 11.3. The fraction of sp³-hybridized carbons (Fsp3) is 0.533. The van der Waals surface area contributed by atoms with E-state index >= 15 is 0 Å². The Morgan fingerprint density at radius 3 is 2.89 bits per heavy atom. The van der Waals surface area contributed by atoms with Gasteiger partial charge in [-0.2, -0.15) is 0 Å². The van der Waals surface area contributed by atoms with Crippen LogP contribution in [0, 0.1) is 0 Å². The van der Waals surface area contributed by atoms with Crippen LogP contribution < -0.4 is 0 Å². The van der Waals surface area contributed by atoms with Gasteiger partial charge in [-0.05, 0) is 43.0 Å². The van der Waals surface area contributed by atoms with Crippen LogP contribution in [-0.2, 0) is 17.8 Å². The summed E-state index contributed by atoms with van der Waals surface area (Å²) in [7, 11) is 0. The van der Waals surface area contributed by atoms with Gasteiger partial charge >= 0.3 is 5.97 Å². The summed E-state index contributed by atoms with van der Waals surface area (Å²) in [5.74, 6) is -0.408. The predicted octanol–water partition coefficient (Wildman–Crippen LogP) is 2.39. The molecule has 1 saturated heterocycles. The van der Waals surface area contributed by atoms with Gasteiger partial charge in [-0.15, -0.1) is 0 Å². The molecule has 0 aliphatic carbocycles. The molecule has 0 unspecified atom stereocenters. The Morgan fingerprint density at radius 1 is 1.42 bits per heavy atom. The molecule has 4 heteroatoms. The average molecular weight is 263 g/mol. The lowest BCUT2D eigenvalue weighted by molar-refractivity contribution is -0.144. The van der Waals surface area contributed by atoms with Crippen molar-refractivity contribution in [1.29, 1.82) is 0 Å². The molecule has 0 aromatic heterocycles. The van der Waals surface area contributed by atoms with E-state index in [-0.39, 0.29) is 6.04 Å². The lowest BCUT2D eigenvalue weighted by Gasteiger charge is -2.32. The van der Waals surface area contributed by atoms with Crippen LogP contribution in [0.2, 0.25) is 0 Å². The molecule has 1 aromatic rings. The monoisotopic (exact) mass is 263 g/mol. The normalized spacial score (nSPS) is 20.4. The summed E-state index contributed by atoms with van der Waals surface area (Å²) in [6, 6.07) is 5.19. The quantitative estimate of drug-likeness (QED) is 0.875. The van der Waals surface area contributed by atoms with Gasteiger partial charge in [-0.25, -0.2) is 0 Å². The van der Waals surface area contributed by atoms with Gasteiger partial charge in [0.05, 0.1) is 0 Å². The van der Waals surface area contributed by atoms with E-state index in [1.54, 1.807) is 6.07 Å². The number of carbonyl (C=O) groups is 1. The molecule has 0 saturated carbocycles. The molecule has 1 atom stereocenters. The van der Waals surface area contributed by atoms with E-state index in [0.717, 1.165) is 43.4 Å². The number of likely N-dealkylation sites (tertiary alicyclic amines) is 1. The molecular weight excluding hydrogens is 242 g/mol. The van der Waals surface area contributed by atoms with E-state index in [9.17, 15) is 15.0 Å². The molecule has 1 heterocycles. The number of aryl methyl sites for hydroxylation is 1. The minimum Gasteiger partial charge on any atom is -0.508 e. The highest BCUT2D eigenvalue weighted by Gasteiger charge is 2.28. The van der Waals surface area contributed by atoms with Gasteiger partial charge in [-0.1, -0.05) is 25.5 Å². The molecule has 1 aromatic carbocycles. The van der Waals surface area contributed by atoms with Gasteiger partial charge in [0.1, 0.15) is 11.8 Å². The largest absolute Gasteiger partial charge is 0.508 e. The summed E-state index contributed by atoms with van der Waals surface area (Å²) in [6.07, 6.45) is 3.56. The minimum atomic E-state index is -0.728. The van der Waals surface area contributed by atoms with Crippen molar-refractivity contribution in [3.05, 3.63) is 29.3 Å². The van der Waals surface area contributed by atoms with Gasteiger partial charge < -0.3 is 10.2 Å². The van der Waals surface area contributed by atoms with E-state index < -0.39 is 5.97 Å². The molecule has 104 valence electrons. The van der Waals surface area contributed by atoms with Crippen LogP contribution in [0.1, 0.15) is 37.3 Å². The highest BCUT2D eigenvalue weighted by molar-refractivity contribution is 5.73. The van der Waals surface area contributed by atoms with Gasteiger partial charge in [0.15, 0.2) is 0 Å². The molecule has 19 heavy (non-hydrogen) atoms. The van der Waals surface area contributed by atoms with Crippen LogP contribution >= 0.6 is 0 Å². The first kappa shape index (κ1) is 13.9. The number of carboxylic acid groups (broad SMARTS) is 1. The maximum absolute atomic E-state index is 11.3. The van der Waals surface area contributed by atoms with Crippen LogP contribution in [0.4, 0.5) is 0 Å². The number of aliphatic carboxylic acids is 1. The van der Waals surface area contributed by atoms with Gasteiger partial charge in [0.25, 0.3) is 0 Å². The van der Waals surface area contributed by atoms with E-state index in [0.29, 0.717) is 12.3 Å². The first-order valence-corrected chi connectivity index (χ1v) is 6.89. The number of hydrogen-bond acceptors (Lipinski definition) is 3. The van der Waals surface area contributed by atoms with Crippen molar-refractivity contribution in [3.8, 4) is 5.75 Å². The fourth-order valence-electron chi connectivity index (χ4n) is 2.71. The number of piperidine rings is 1. The third-order valence-corrected chi connectivity index (χ3v) is 3.81. The van der Waals surface area contributed by atoms with E-state index in [4.69, 9.17) is 0 Å². The van der Waals surface area contributed by atoms with Crippen molar-refractivity contribution in [3.63, 3.8) is 0 Å². The number of hydrogen-bond donors (Lipinski definition) is 2. The summed E-state index contributed by atoms with van der Waals surface area (Å²) < 4.78 is 0. The Balaban J connectivity index is 2.12. The zero-order valence-electron chi connectivity index (χ0n) is 11.3. The van der Waals surface area contributed by atoms with Crippen molar-refractivity contribution >= 4 is 5.97 Å². The molecule has 1 aliphatic heterocycles. The standard InChI is InChI=1S/C15H21NO3/c1-2-12-9-11(6-7-14(12)17)10-16-8-4-3-5-13(16)15(18)19/h6-7,9,13,17H,2-5,8,10H2,1H3,(H,18,19)/t13-/m0/s1. The number of aromatic hydroxyl groups is 1. The van der Waals surface area contributed by atoms with Crippen LogP contribution in [0.25, 0.3) is 0 Å². The molecule has 0 spiro atoms. The summed E-state index contributed by atoms with van der Waals surface area (Å²) in [4.78, 5) is 13.3. The zero-order chi connectivity index (χ0) is 13.8. The van der Waals surface area contributed by atoms with Crippen molar-refractivity contribution in [2.24, 2.45) is 0 Å². The number of nitrogens with zero attached hydrogens (tertiary/aromatic N) is 1. The number of carboxylic acids is 1. The van der Waals surface area contributed by atoms with Crippen LogP contribution in [-0.4, -0.2) is 33.7 Å². The number of benzene rings is 1. The third kappa shape index (κ3) is 3.26. The Morgan fingerprint density at radius 2 is 2.21 bits per heavy atom. The molecule has 2 N–H and O–H groups in total. The van der Waals surface area contributed by atoms with Crippen LogP contribution in [0.15, 0.2) is 18.2 Å². The second-order valence-electron chi connectivity index (χ2n) is 5.14. The molecule has 0 bridgehead atoms. The summed E-state index contributed by atoms with van der Waals surface area (Å²) >= 11 is 0. The zero-order valence-corrected chi connectivity index (χ0v) is 11.3. The average Bonchev–Trinajstić information content (AvgIpc) is 2.41. The van der Waals surface area contributed by atoms with Crippen molar-refractivity contribution in [1.82, 2.24) is 4.90 Å². The Kier molecular flexibility index (Phi) is 4.43. The molecule has 0 radical (unpaired) electrons. The predicted molar refractivity (Wildman–Crippen MR) is 73.2 cm³/mol. The van der Waals surface area contributed by atoms with Gasteiger partial charge in [0, 0.05) is 6.54 Å². The minimum absolute atomic E-state index is 0.319. The Hall–Kier alpha value is -1.55. The van der Waals surface area contributed by atoms with Crippen LogP contribution in [0.3, 0.4) is 0 Å². The van der Waals surface area contributed by atoms with Crippen LogP contribution in [0.5, 0.6) is 5.75 Å². The number of rotatable bonds is 4.